The van der Waals surface area contributed by atoms with Crippen molar-refractivity contribution in [1.29, 1.82) is 5.26 Å². The van der Waals surface area contributed by atoms with Crippen molar-refractivity contribution in [1.82, 2.24) is 9.55 Å². The number of carbonyl (C=O) groups is 3. The van der Waals surface area contributed by atoms with Gasteiger partial charge < -0.3 is 14.0 Å². The zero-order valence-corrected chi connectivity index (χ0v) is 21.7. The van der Waals surface area contributed by atoms with Crippen LogP contribution in [0.1, 0.15) is 61.3 Å². The van der Waals surface area contributed by atoms with E-state index in [0.29, 0.717) is 10.4 Å². The molecule has 0 aliphatic rings. The molecule has 0 aliphatic heterocycles. The van der Waals surface area contributed by atoms with Gasteiger partial charge in [-0.05, 0) is 70.0 Å². The molecule has 0 bridgehead atoms. The first-order chi connectivity index (χ1) is 17.2. The third kappa shape index (κ3) is 5.44. The Bertz CT molecular complexity index is 1380. The second-order valence-electron chi connectivity index (χ2n) is 7.94. The van der Waals surface area contributed by atoms with Gasteiger partial charge in [0.15, 0.2) is 5.78 Å². The van der Waals surface area contributed by atoms with Crippen LogP contribution in [0, 0.1) is 32.1 Å². The molecule has 0 aliphatic carbocycles. The van der Waals surface area contributed by atoms with Crippen LogP contribution in [0.4, 0.5) is 0 Å². The van der Waals surface area contributed by atoms with Crippen LogP contribution in [0.25, 0.3) is 11.8 Å². The molecule has 9 heteroatoms. The third-order valence-corrected chi connectivity index (χ3v) is 6.85. The Morgan fingerprint density at radius 2 is 1.83 bits per heavy atom. The van der Waals surface area contributed by atoms with Crippen molar-refractivity contribution in [3.05, 3.63) is 74.0 Å². The van der Waals surface area contributed by atoms with E-state index in [1.807, 2.05) is 42.7 Å². The summed E-state index contributed by atoms with van der Waals surface area (Å²) in [7, 11) is 0. The first-order valence-corrected chi connectivity index (χ1v) is 12.3. The second kappa shape index (κ2) is 11.6. The standard InChI is InChI=1S/C27H27N3O5S/c1-6-34-26(32)24-17(4)25(27(33)35-7-2)36-23(24)13-22(31)20(14-28)12-19-11-16(3)30(18(19)5)21-9-8-10-29-15-21/h8-12,15H,6-7,13H2,1-5H3/b20-12+. The van der Waals surface area contributed by atoms with Gasteiger partial charge in [0.1, 0.15) is 10.9 Å². The molecule has 0 amide bonds. The summed E-state index contributed by atoms with van der Waals surface area (Å²) in [4.78, 5) is 43.0. The number of thiophene rings is 1. The van der Waals surface area contributed by atoms with Crippen LogP contribution in [0.15, 0.2) is 36.2 Å². The minimum Gasteiger partial charge on any atom is -0.462 e. The quantitative estimate of drug-likeness (QED) is 0.230. The highest BCUT2D eigenvalue weighted by Gasteiger charge is 2.28. The molecule has 0 radical (unpaired) electrons. The molecule has 8 nitrogen and oxygen atoms in total. The molecule has 0 saturated carbocycles. The van der Waals surface area contributed by atoms with Gasteiger partial charge in [-0.2, -0.15) is 5.26 Å². The lowest BCUT2D eigenvalue weighted by Crippen LogP contribution is -2.12. The SMILES string of the molecule is CCOC(=O)c1sc(CC(=O)/C(C#N)=C/c2cc(C)n(-c3cccnc3)c2C)c(C(=O)OCC)c1C. The van der Waals surface area contributed by atoms with Crippen LogP contribution in [0.2, 0.25) is 0 Å². The number of aryl methyl sites for hydroxylation is 1. The fourth-order valence-electron chi connectivity index (χ4n) is 3.95. The Kier molecular flexibility index (Phi) is 8.56. The summed E-state index contributed by atoms with van der Waals surface area (Å²) < 4.78 is 12.2. The number of nitrogens with zero attached hydrogens (tertiary/aromatic N) is 3. The summed E-state index contributed by atoms with van der Waals surface area (Å²) in [6, 6.07) is 7.65. The molecule has 0 fully saturated rings. The molecule has 0 N–H and O–H groups in total. The molecule has 36 heavy (non-hydrogen) atoms. The molecule has 0 unspecified atom stereocenters. The van der Waals surface area contributed by atoms with E-state index in [1.165, 1.54) is 0 Å². The smallest absolute Gasteiger partial charge is 0.348 e. The third-order valence-electron chi connectivity index (χ3n) is 5.58. The van der Waals surface area contributed by atoms with Gasteiger partial charge in [0.2, 0.25) is 0 Å². The van der Waals surface area contributed by atoms with Crippen molar-refractivity contribution in [3.63, 3.8) is 0 Å². The molecule has 3 aromatic rings. The van der Waals surface area contributed by atoms with Crippen molar-refractivity contribution in [3.8, 4) is 11.8 Å². The number of hydrogen-bond donors (Lipinski definition) is 0. The number of aromatic nitrogens is 2. The van der Waals surface area contributed by atoms with Crippen LogP contribution in [0.3, 0.4) is 0 Å². The molecular weight excluding hydrogens is 478 g/mol. The van der Waals surface area contributed by atoms with Crippen LogP contribution < -0.4 is 0 Å². The van der Waals surface area contributed by atoms with Crippen LogP contribution in [-0.2, 0) is 20.7 Å². The van der Waals surface area contributed by atoms with Gasteiger partial charge in [-0.1, -0.05) is 0 Å². The van der Waals surface area contributed by atoms with E-state index in [1.54, 1.807) is 39.2 Å². The van der Waals surface area contributed by atoms with E-state index >= 15 is 0 Å². The lowest BCUT2D eigenvalue weighted by Gasteiger charge is -2.08. The molecule has 0 aromatic carbocycles. The molecule has 3 heterocycles. The number of hydrogen-bond acceptors (Lipinski definition) is 8. The summed E-state index contributed by atoms with van der Waals surface area (Å²) >= 11 is 1.01. The average Bonchev–Trinajstić information content (AvgIpc) is 3.32. The number of Topliss-reactive ketones (excluding diaryl/α,β-unsaturated/α-hetero) is 1. The predicted molar refractivity (Wildman–Crippen MR) is 136 cm³/mol. The van der Waals surface area contributed by atoms with Crippen molar-refractivity contribution in [2.75, 3.05) is 13.2 Å². The fraction of sp³-hybridized carbons (Fsp3) is 0.296. The minimum absolute atomic E-state index is 0.0556. The Morgan fingerprint density at radius 3 is 2.44 bits per heavy atom. The lowest BCUT2D eigenvalue weighted by atomic mass is 10.0. The van der Waals surface area contributed by atoms with Crippen LogP contribution in [-0.4, -0.2) is 40.5 Å². The normalized spacial score (nSPS) is 11.2. The zero-order chi connectivity index (χ0) is 26.4. The molecule has 186 valence electrons. The van der Waals surface area contributed by atoms with Gasteiger partial charge in [0.05, 0.1) is 36.2 Å². The van der Waals surface area contributed by atoms with E-state index in [0.717, 1.165) is 34.0 Å². The number of esters is 2. The van der Waals surface area contributed by atoms with Gasteiger partial charge >= 0.3 is 11.9 Å². The van der Waals surface area contributed by atoms with E-state index < -0.39 is 17.7 Å². The molecular formula is C27H27N3O5S. The number of rotatable bonds is 9. The second-order valence-corrected chi connectivity index (χ2v) is 9.04. The highest BCUT2D eigenvalue weighted by Crippen LogP contribution is 2.31. The maximum atomic E-state index is 13.2. The van der Waals surface area contributed by atoms with Crippen molar-refractivity contribution >= 4 is 35.1 Å². The summed E-state index contributed by atoms with van der Waals surface area (Å²) in [6.07, 6.45) is 4.75. The first-order valence-electron chi connectivity index (χ1n) is 11.4. The molecule has 3 rings (SSSR count). The molecule has 0 atom stereocenters. The number of allylic oxidation sites excluding steroid dienone is 1. The number of ketones is 1. The molecule has 0 spiro atoms. The molecule has 0 saturated heterocycles. The van der Waals surface area contributed by atoms with Crippen LogP contribution >= 0.6 is 11.3 Å². The Hall–Kier alpha value is -4.03. The van der Waals surface area contributed by atoms with Gasteiger partial charge in [-0.3, -0.25) is 9.78 Å². The van der Waals surface area contributed by atoms with E-state index in [-0.39, 0.29) is 35.6 Å². The van der Waals surface area contributed by atoms with Crippen LogP contribution in [0.5, 0.6) is 0 Å². The number of carbonyl (C=O) groups excluding carboxylic acids is 3. The predicted octanol–water partition coefficient (Wildman–Crippen LogP) is 4.93. The van der Waals surface area contributed by atoms with E-state index in [9.17, 15) is 19.6 Å². The van der Waals surface area contributed by atoms with Gasteiger partial charge in [-0.15, -0.1) is 11.3 Å². The fourth-order valence-corrected chi connectivity index (χ4v) is 5.13. The topological polar surface area (TPSA) is 111 Å². The zero-order valence-electron chi connectivity index (χ0n) is 20.9. The summed E-state index contributed by atoms with van der Waals surface area (Å²) in [5, 5.41) is 9.78. The minimum atomic E-state index is -0.618. The number of ether oxygens (including phenoxy) is 2. The Morgan fingerprint density at radius 1 is 1.14 bits per heavy atom. The first kappa shape index (κ1) is 26.6. The summed E-state index contributed by atoms with van der Waals surface area (Å²) in [5.41, 5.74) is 3.89. The lowest BCUT2D eigenvalue weighted by molar-refractivity contribution is -0.114. The Balaban J connectivity index is 1.98. The maximum Gasteiger partial charge on any atom is 0.348 e. The van der Waals surface area contributed by atoms with E-state index in [2.05, 4.69) is 4.98 Å². The summed E-state index contributed by atoms with van der Waals surface area (Å²) in [5.74, 6) is -1.65. The van der Waals surface area contributed by atoms with Crippen molar-refractivity contribution in [2.24, 2.45) is 0 Å². The maximum absolute atomic E-state index is 13.2. The van der Waals surface area contributed by atoms with Crippen molar-refractivity contribution in [2.45, 2.75) is 41.0 Å². The largest absolute Gasteiger partial charge is 0.462 e. The number of pyridine rings is 1. The van der Waals surface area contributed by atoms with Gasteiger partial charge in [-0.25, -0.2) is 9.59 Å². The highest BCUT2D eigenvalue weighted by atomic mass is 32.1. The van der Waals surface area contributed by atoms with Gasteiger partial charge in [0.25, 0.3) is 0 Å². The van der Waals surface area contributed by atoms with E-state index in [4.69, 9.17) is 9.47 Å². The average molecular weight is 506 g/mol. The summed E-state index contributed by atoms with van der Waals surface area (Å²) in [6.45, 7) is 9.14. The molecule has 3 aromatic heterocycles. The van der Waals surface area contributed by atoms with Crippen molar-refractivity contribution < 1.29 is 23.9 Å². The number of nitriles is 1. The Labute approximate surface area is 213 Å². The monoisotopic (exact) mass is 505 g/mol. The highest BCUT2D eigenvalue weighted by molar-refractivity contribution is 7.14. The van der Waals surface area contributed by atoms with Gasteiger partial charge in [0, 0.05) is 28.9 Å².